The lowest BCUT2D eigenvalue weighted by molar-refractivity contribution is -0.389. The van der Waals surface area contributed by atoms with Gasteiger partial charge in [-0.1, -0.05) is 15.9 Å². The molecule has 1 N–H and O–H groups in total. The zero-order valence-corrected chi connectivity index (χ0v) is 12.1. The zero-order chi connectivity index (χ0) is 14.8. The van der Waals surface area contributed by atoms with E-state index in [0.717, 1.165) is 18.3 Å². The Morgan fingerprint density at radius 1 is 1.25 bits per heavy atom. The number of anilines is 1. The van der Waals surface area contributed by atoms with Crippen LogP contribution in [0.15, 0.2) is 46.0 Å². The van der Waals surface area contributed by atoms with Gasteiger partial charge in [0.2, 0.25) is 0 Å². The summed E-state index contributed by atoms with van der Waals surface area (Å²) < 4.78 is 26.9. The van der Waals surface area contributed by atoms with Crippen LogP contribution in [0.1, 0.15) is 0 Å². The molecule has 0 amide bonds. The first-order chi connectivity index (χ1) is 9.38. The molecule has 0 aliphatic rings. The van der Waals surface area contributed by atoms with Gasteiger partial charge in [-0.3, -0.25) is 4.72 Å². The quantitative estimate of drug-likeness (QED) is 0.659. The largest absolute Gasteiger partial charge is 0.363 e. The molecule has 2 aromatic heterocycles. The Morgan fingerprint density at radius 2 is 2.00 bits per heavy atom. The molecular weight excluding hydrogens is 352 g/mol. The highest BCUT2D eigenvalue weighted by Gasteiger charge is 2.18. The summed E-state index contributed by atoms with van der Waals surface area (Å²) in [5.74, 6) is -0.303. The molecule has 0 fully saturated rings. The van der Waals surface area contributed by atoms with Crippen molar-refractivity contribution in [3.63, 3.8) is 0 Å². The molecule has 104 valence electrons. The van der Waals surface area contributed by atoms with Gasteiger partial charge in [-0.15, -0.1) is 0 Å². The molecule has 0 saturated carbocycles. The molecule has 2 aromatic rings. The van der Waals surface area contributed by atoms with E-state index < -0.39 is 20.8 Å². The van der Waals surface area contributed by atoms with Crippen LogP contribution in [0.5, 0.6) is 0 Å². The second kappa shape index (κ2) is 5.51. The summed E-state index contributed by atoms with van der Waals surface area (Å²) in [4.78, 5) is 16.9. The van der Waals surface area contributed by atoms with Gasteiger partial charge >= 0.3 is 5.82 Å². The van der Waals surface area contributed by atoms with Crippen molar-refractivity contribution < 1.29 is 13.3 Å². The van der Waals surface area contributed by atoms with Crippen molar-refractivity contribution in [1.82, 2.24) is 9.97 Å². The number of aromatic nitrogens is 2. The van der Waals surface area contributed by atoms with Crippen molar-refractivity contribution in [1.29, 1.82) is 0 Å². The van der Waals surface area contributed by atoms with E-state index in [2.05, 4.69) is 30.6 Å². The number of pyridine rings is 2. The van der Waals surface area contributed by atoms with E-state index in [-0.39, 0.29) is 10.7 Å². The van der Waals surface area contributed by atoms with Crippen LogP contribution < -0.4 is 4.72 Å². The third kappa shape index (κ3) is 3.27. The SMILES string of the molecule is O=[N+]([O-])c1ccc(S(=O)(=O)Nc2cc(Br)ccn2)cn1. The lowest BCUT2D eigenvalue weighted by atomic mass is 10.5. The van der Waals surface area contributed by atoms with E-state index in [1.165, 1.54) is 12.3 Å². The molecule has 2 heterocycles. The van der Waals surface area contributed by atoms with Gasteiger partial charge in [-0.25, -0.2) is 13.4 Å². The van der Waals surface area contributed by atoms with Crippen LogP contribution in [0.4, 0.5) is 11.6 Å². The summed E-state index contributed by atoms with van der Waals surface area (Å²) in [6, 6.07) is 5.25. The lowest BCUT2D eigenvalue weighted by Crippen LogP contribution is -2.14. The Balaban J connectivity index is 2.28. The smallest absolute Gasteiger partial charge is 0.358 e. The first-order valence-electron chi connectivity index (χ1n) is 5.13. The normalized spacial score (nSPS) is 11.1. The first-order valence-corrected chi connectivity index (χ1v) is 7.41. The van der Waals surface area contributed by atoms with Gasteiger partial charge in [0, 0.05) is 16.7 Å². The highest BCUT2D eigenvalue weighted by atomic mass is 79.9. The Kier molecular flexibility index (Phi) is 3.95. The van der Waals surface area contributed by atoms with Crippen LogP contribution in [0.2, 0.25) is 0 Å². The monoisotopic (exact) mass is 358 g/mol. The molecule has 0 radical (unpaired) electrons. The molecular formula is C10H7BrN4O4S. The number of nitro groups is 1. The van der Waals surface area contributed by atoms with E-state index in [0.29, 0.717) is 4.47 Å². The van der Waals surface area contributed by atoms with Crippen LogP contribution in [0.25, 0.3) is 0 Å². The van der Waals surface area contributed by atoms with Gasteiger partial charge < -0.3 is 10.1 Å². The molecule has 0 aromatic carbocycles. The highest BCUT2D eigenvalue weighted by molar-refractivity contribution is 9.10. The van der Waals surface area contributed by atoms with Gasteiger partial charge in [-0.2, -0.15) is 0 Å². The maximum atomic E-state index is 12.0. The zero-order valence-electron chi connectivity index (χ0n) is 9.72. The van der Waals surface area contributed by atoms with Crippen LogP contribution in [0, 0.1) is 10.1 Å². The van der Waals surface area contributed by atoms with E-state index in [1.807, 2.05) is 0 Å². The van der Waals surface area contributed by atoms with Crippen molar-refractivity contribution >= 4 is 37.6 Å². The van der Waals surface area contributed by atoms with E-state index in [9.17, 15) is 18.5 Å². The number of sulfonamides is 1. The summed E-state index contributed by atoms with van der Waals surface area (Å²) in [7, 11) is -3.89. The molecule has 0 unspecified atom stereocenters. The number of nitrogens with zero attached hydrogens (tertiary/aromatic N) is 3. The number of nitrogens with one attached hydrogen (secondary N) is 1. The Hall–Kier alpha value is -2.07. The molecule has 2 rings (SSSR count). The fourth-order valence-electron chi connectivity index (χ4n) is 1.30. The predicted octanol–water partition coefficient (Wildman–Crippen LogP) is 1.95. The summed E-state index contributed by atoms with van der Waals surface area (Å²) in [6.07, 6.45) is 2.34. The van der Waals surface area contributed by atoms with Crippen LogP contribution in [-0.2, 0) is 10.0 Å². The molecule has 0 saturated heterocycles. The third-order valence-corrected chi connectivity index (χ3v) is 4.01. The van der Waals surface area contributed by atoms with Crippen molar-refractivity contribution in [2.75, 3.05) is 4.72 Å². The summed E-state index contributed by atoms with van der Waals surface area (Å²) >= 11 is 3.19. The lowest BCUT2D eigenvalue weighted by Gasteiger charge is -2.06. The predicted molar refractivity (Wildman–Crippen MR) is 73.6 cm³/mol. The Labute approximate surface area is 122 Å². The summed E-state index contributed by atoms with van der Waals surface area (Å²) in [5.41, 5.74) is 0. The molecule has 0 aliphatic heterocycles. The molecule has 10 heteroatoms. The molecule has 0 spiro atoms. The first kappa shape index (κ1) is 14.3. The third-order valence-electron chi connectivity index (χ3n) is 2.18. The summed E-state index contributed by atoms with van der Waals surface area (Å²) in [6.45, 7) is 0. The van der Waals surface area contributed by atoms with Gasteiger partial charge in [0.1, 0.15) is 10.7 Å². The maximum Gasteiger partial charge on any atom is 0.363 e. The van der Waals surface area contributed by atoms with Gasteiger partial charge in [0.15, 0.2) is 6.20 Å². The minimum absolute atomic E-state index is 0.123. The number of hydrogen-bond acceptors (Lipinski definition) is 6. The molecule has 20 heavy (non-hydrogen) atoms. The van der Waals surface area contributed by atoms with Crippen molar-refractivity contribution in [2.24, 2.45) is 0 Å². The topological polar surface area (TPSA) is 115 Å². The van der Waals surface area contributed by atoms with Crippen molar-refractivity contribution in [3.8, 4) is 0 Å². The average molecular weight is 359 g/mol. The second-order valence-corrected chi connectivity index (χ2v) is 6.17. The van der Waals surface area contributed by atoms with E-state index in [4.69, 9.17) is 0 Å². The van der Waals surface area contributed by atoms with Crippen molar-refractivity contribution in [2.45, 2.75) is 4.90 Å². The molecule has 0 atom stereocenters. The maximum absolute atomic E-state index is 12.0. The molecule has 0 aliphatic carbocycles. The van der Waals surface area contributed by atoms with E-state index >= 15 is 0 Å². The highest BCUT2D eigenvalue weighted by Crippen LogP contribution is 2.18. The van der Waals surface area contributed by atoms with Gasteiger partial charge in [0.25, 0.3) is 10.0 Å². The Morgan fingerprint density at radius 3 is 2.55 bits per heavy atom. The van der Waals surface area contributed by atoms with Crippen LogP contribution in [-0.4, -0.2) is 23.3 Å². The van der Waals surface area contributed by atoms with Crippen molar-refractivity contribution in [3.05, 3.63) is 51.2 Å². The minimum atomic E-state index is -3.89. The fraction of sp³-hybridized carbons (Fsp3) is 0. The Bertz CT molecular complexity index is 748. The van der Waals surface area contributed by atoms with Gasteiger partial charge in [-0.05, 0) is 28.1 Å². The average Bonchev–Trinajstić information content (AvgIpc) is 2.38. The van der Waals surface area contributed by atoms with Crippen LogP contribution >= 0.6 is 15.9 Å². The summed E-state index contributed by atoms with van der Waals surface area (Å²) in [5, 5.41) is 10.5. The van der Waals surface area contributed by atoms with E-state index in [1.54, 1.807) is 6.07 Å². The number of hydrogen-bond donors (Lipinski definition) is 1. The van der Waals surface area contributed by atoms with Gasteiger partial charge in [0.05, 0.1) is 0 Å². The fourth-order valence-corrected chi connectivity index (χ4v) is 2.58. The molecule has 8 nitrogen and oxygen atoms in total. The number of halogens is 1. The number of rotatable bonds is 4. The second-order valence-electron chi connectivity index (χ2n) is 3.57. The molecule has 0 bridgehead atoms. The standard InChI is InChI=1S/C10H7BrN4O4S/c11-7-3-4-12-9(5-7)14-20(18,19)8-1-2-10(13-6-8)15(16)17/h1-6H,(H,12,14). The van der Waals surface area contributed by atoms with Crippen LogP contribution in [0.3, 0.4) is 0 Å². The minimum Gasteiger partial charge on any atom is -0.358 e.